The molecule has 40 heavy (non-hydrogen) atoms. The maximum absolute atomic E-state index is 12.6. The molecular weight excluding hydrogens is 508 g/mol. The number of rotatable bonds is 6. The van der Waals surface area contributed by atoms with Crippen molar-refractivity contribution in [1.29, 1.82) is 0 Å². The first-order valence-electron chi connectivity index (χ1n) is 13.0. The average Bonchev–Trinajstić information content (AvgIpc) is 3.32. The van der Waals surface area contributed by atoms with Crippen LogP contribution in [0, 0.1) is 0 Å². The number of benzene rings is 3. The first-order valence-corrected chi connectivity index (χ1v) is 13.0. The van der Waals surface area contributed by atoms with E-state index in [2.05, 4.69) is 15.7 Å². The molecule has 0 atom stereocenters. The Morgan fingerprint density at radius 3 is 2.60 bits per heavy atom. The second-order valence-corrected chi connectivity index (χ2v) is 10.4. The van der Waals surface area contributed by atoms with Crippen LogP contribution in [0.5, 0.6) is 5.75 Å². The van der Waals surface area contributed by atoms with E-state index < -0.39 is 11.7 Å². The third kappa shape index (κ3) is 5.85. The van der Waals surface area contributed by atoms with E-state index in [0.717, 1.165) is 17.4 Å². The Bertz CT molecular complexity index is 1740. The highest BCUT2D eigenvalue weighted by Crippen LogP contribution is 2.31. The molecule has 0 fully saturated rings. The zero-order valence-corrected chi connectivity index (χ0v) is 22.7. The van der Waals surface area contributed by atoms with Crippen molar-refractivity contribution < 1.29 is 19.4 Å². The van der Waals surface area contributed by atoms with E-state index in [9.17, 15) is 14.7 Å². The number of carbonyl (C=O) groups is 2. The topological polar surface area (TPSA) is 131 Å². The summed E-state index contributed by atoms with van der Waals surface area (Å²) in [4.78, 5) is 34.2. The molecule has 0 saturated carbocycles. The Kier molecular flexibility index (Phi) is 7.08. The number of carbonyl (C=O) groups excluding carboxylic acids is 2. The number of amides is 1. The SMILES string of the molecule is CCCC(=O)Nc1cccc(-c2nc(Nc3ccc4c(cnn4C(=O)OC(C)(C)C)c3)c3cc(O)ccc3n2)c1. The van der Waals surface area contributed by atoms with E-state index in [0.29, 0.717) is 45.9 Å². The highest BCUT2D eigenvalue weighted by Gasteiger charge is 2.20. The number of phenolic OH excluding ortho intramolecular Hbond substituents is 1. The fourth-order valence-electron chi connectivity index (χ4n) is 4.23. The summed E-state index contributed by atoms with van der Waals surface area (Å²) >= 11 is 0. The van der Waals surface area contributed by atoms with Gasteiger partial charge in [-0.3, -0.25) is 4.79 Å². The summed E-state index contributed by atoms with van der Waals surface area (Å²) in [7, 11) is 0. The van der Waals surface area contributed by atoms with Crippen molar-refractivity contribution in [3.63, 3.8) is 0 Å². The van der Waals surface area contributed by atoms with E-state index in [-0.39, 0.29) is 11.7 Å². The predicted octanol–water partition coefficient (Wildman–Crippen LogP) is 6.62. The lowest BCUT2D eigenvalue weighted by Gasteiger charge is -2.19. The van der Waals surface area contributed by atoms with Gasteiger partial charge in [0, 0.05) is 34.1 Å². The monoisotopic (exact) mass is 538 g/mol. The van der Waals surface area contributed by atoms with Crippen molar-refractivity contribution in [3.8, 4) is 17.1 Å². The fraction of sp³-hybridized carbons (Fsp3) is 0.233. The van der Waals surface area contributed by atoms with E-state index >= 15 is 0 Å². The molecule has 3 aromatic carbocycles. The van der Waals surface area contributed by atoms with Crippen molar-refractivity contribution >= 4 is 51.0 Å². The van der Waals surface area contributed by atoms with Crippen molar-refractivity contribution in [3.05, 3.63) is 66.9 Å². The molecule has 5 aromatic rings. The molecule has 0 saturated heterocycles. The van der Waals surface area contributed by atoms with E-state index in [4.69, 9.17) is 14.7 Å². The number of hydrogen-bond donors (Lipinski definition) is 3. The molecule has 0 radical (unpaired) electrons. The Labute approximate surface area is 231 Å². The normalized spacial score (nSPS) is 11.5. The minimum atomic E-state index is -0.644. The Balaban J connectivity index is 1.50. The molecule has 10 nitrogen and oxygen atoms in total. The molecule has 5 rings (SSSR count). The fourth-order valence-corrected chi connectivity index (χ4v) is 4.23. The van der Waals surface area contributed by atoms with Crippen LogP contribution in [0.15, 0.2) is 66.9 Å². The zero-order valence-electron chi connectivity index (χ0n) is 22.7. The number of nitrogens with one attached hydrogen (secondary N) is 2. The molecule has 0 aliphatic rings. The molecule has 2 heterocycles. The predicted molar refractivity (Wildman–Crippen MR) is 155 cm³/mol. The van der Waals surface area contributed by atoms with Crippen LogP contribution in [0.4, 0.5) is 22.0 Å². The molecule has 0 bridgehead atoms. The van der Waals surface area contributed by atoms with Crippen molar-refractivity contribution in [2.24, 2.45) is 0 Å². The van der Waals surface area contributed by atoms with Crippen LogP contribution in [0.2, 0.25) is 0 Å². The van der Waals surface area contributed by atoms with Gasteiger partial charge in [-0.2, -0.15) is 9.78 Å². The van der Waals surface area contributed by atoms with Crippen LogP contribution >= 0.6 is 0 Å². The third-order valence-corrected chi connectivity index (χ3v) is 5.96. The van der Waals surface area contributed by atoms with Crippen LogP contribution in [-0.4, -0.2) is 42.5 Å². The number of anilines is 3. The maximum atomic E-state index is 12.6. The molecule has 10 heteroatoms. The van der Waals surface area contributed by atoms with Gasteiger partial charge >= 0.3 is 6.09 Å². The summed E-state index contributed by atoms with van der Waals surface area (Å²) in [5, 5.41) is 22.0. The molecule has 204 valence electrons. The van der Waals surface area contributed by atoms with Gasteiger partial charge in [0.25, 0.3) is 0 Å². The number of aromatic nitrogens is 4. The summed E-state index contributed by atoms with van der Waals surface area (Å²) in [5.41, 5.74) is 2.67. The summed E-state index contributed by atoms with van der Waals surface area (Å²) in [6, 6.07) is 17.7. The summed E-state index contributed by atoms with van der Waals surface area (Å²) < 4.78 is 6.68. The standard InChI is InChI=1S/C30H30N6O4/c1-5-7-26(38)32-20-9-6-8-18(14-20)27-34-24-12-11-22(37)16-23(24)28(35-27)33-21-10-13-25-19(15-21)17-31-36(25)29(39)40-30(2,3)4/h6,8-17,37H,5,7H2,1-4H3,(H,32,38)(H,33,34,35). The van der Waals surface area contributed by atoms with Crippen LogP contribution in [0.3, 0.4) is 0 Å². The molecule has 0 unspecified atom stereocenters. The second kappa shape index (κ2) is 10.6. The van der Waals surface area contributed by atoms with Gasteiger partial charge in [0.2, 0.25) is 5.91 Å². The quantitative estimate of drug-likeness (QED) is 0.220. The Morgan fingerprint density at radius 2 is 1.82 bits per heavy atom. The average molecular weight is 539 g/mol. The van der Waals surface area contributed by atoms with Crippen LogP contribution in [0.1, 0.15) is 40.5 Å². The molecule has 0 aliphatic carbocycles. The van der Waals surface area contributed by atoms with Gasteiger partial charge in [0.15, 0.2) is 5.82 Å². The lowest BCUT2D eigenvalue weighted by atomic mass is 10.1. The number of nitrogens with zero attached hydrogens (tertiary/aromatic N) is 4. The summed E-state index contributed by atoms with van der Waals surface area (Å²) in [6.45, 7) is 7.36. The molecule has 1 amide bonds. The molecule has 2 aromatic heterocycles. The smallest absolute Gasteiger partial charge is 0.435 e. The van der Waals surface area contributed by atoms with Crippen molar-refractivity contribution in [1.82, 2.24) is 19.7 Å². The van der Waals surface area contributed by atoms with E-state index in [1.54, 1.807) is 51.2 Å². The van der Waals surface area contributed by atoms with Crippen LogP contribution in [0.25, 0.3) is 33.2 Å². The number of fused-ring (bicyclic) bond motifs is 2. The van der Waals surface area contributed by atoms with Gasteiger partial charge < -0.3 is 20.5 Å². The molecule has 0 spiro atoms. The number of hydrogen-bond acceptors (Lipinski definition) is 8. The number of ether oxygens (including phenoxy) is 1. The summed E-state index contributed by atoms with van der Waals surface area (Å²) in [6.07, 6.45) is 2.24. The minimum Gasteiger partial charge on any atom is -0.508 e. The third-order valence-electron chi connectivity index (χ3n) is 5.96. The molecular formula is C30H30N6O4. The van der Waals surface area contributed by atoms with Crippen LogP contribution in [-0.2, 0) is 9.53 Å². The first kappa shape index (κ1) is 26.6. The lowest BCUT2D eigenvalue weighted by molar-refractivity contribution is -0.116. The van der Waals surface area contributed by atoms with Gasteiger partial charge in [-0.1, -0.05) is 19.1 Å². The Hall–Kier alpha value is -4.99. The van der Waals surface area contributed by atoms with Gasteiger partial charge in [-0.05, 0) is 75.7 Å². The minimum absolute atomic E-state index is 0.0534. The molecule has 0 aliphatic heterocycles. The Morgan fingerprint density at radius 1 is 1.00 bits per heavy atom. The van der Waals surface area contributed by atoms with Gasteiger partial charge in [-0.25, -0.2) is 14.8 Å². The van der Waals surface area contributed by atoms with Gasteiger partial charge in [-0.15, -0.1) is 0 Å². The largest absolute Gasteiger partial charge is 0.508 e. The van der Waals surface area contributed by atoms with Crippen molar-refractivity contribution in [2.45, 2.75) is 46.1 Å². The van der Waals surface area contributed by atoms with Gasteiger partial charge in [0.05, 0.1) is 17.2 Å². The second-order valence-electron chi connectivity index (χ2n) is 10.4. The maximum Gasteiger partial charge on any atom is 0.435 e. The number of aromatic hydroxyl groups is 1. The molecule has 3 N–H and O–H groups in total. The van der Waals surface area contributed by atoms with Crippen LogP contribution < -0.4 is 10.6 Å². The zero-order chi connectivity index (χ0) is 28.4. The van der Waals surface area contributed by atoms with E-state index in [1.807, 2.05) is 43.3 Å². The highest BCUT2D eigenvalue weighted by atomic mass is 16.6. The number of phenols is 1. The summed E-state index contributed by atoms with van der Waals surface area (Å²) in [5.74, 6) is 0.963. The highest BCUT2D eigenvalue weighted by molar-refractivity contribution is 5.95. The lowest BCUT2D eigenvalue weighted by Crippen LogP contribution is -2.27. The van der Waals surface area contributed by atoms with E-state index in [1.165, 1.54) is 4.68 Å². The van der Waals surface area contributed by atoms with Gasteiger partial charge in [0.1, 0.15) is 17.2 Å². The first-order chi connectivity index (χ1) is 19.1. The van der Waals surface area contributed by atoms with Crippen molar-refractivity contribution in [2.75, 3.05) is 10.6 Å².